The molecule has 0 aromatic rings. The summed E-state index contributed by atoms with van der Waals surface area (Å²) >= 11 is 0. The molecule has 0 spiro atoms. The molecule has 1 aliphatic rings. The molecule has 0 aromatic heterocycles. The third-order valence-corrected chi connectivity index (χ3v) is 3.03. The van der Waals surface area contributed by atoms with Gasteiger partial charge in [0.15, 0.2) is 0 Å². The maximum Gasteiger partial charge on any atom is 0.0317 e. The SMILES string of the molecule is C/C=C1/CCC(C)N1CCNNCCC. The topological polar surface area (TPSA) is 27.3 Å². The Hall–Kier alpha value is -0.540. The molecule has 0 aliphatic carbocycles. The van der Waals surface area contributed by atoms with E-state index in [0.29, 0.717) is 6.04 Å². The molecule has 3 nitrogen and oxygen atoms in total. The summed E-state index contributed by atoms with van der Waals surface area (Å²) < 4.78 is 0. The van der Waals surface area contributed by atoms with Crippen molar-refractivity contribution in [2.45, 2.75) is 46.1 Å². The van der Waals surface area contributed by atoms with E-state index in [2.05, 4.69) is 42.6 Å². The summed E-state index contributed by atoms with van der Waals surface area (Å²) in [6, 6.07) is 0.712. The van der Waals surface area contributed by atoms with Gasteiger partial charge < -0.3 is 4.90 Å². The van der Waals surface area contributed by atoms with E-state index in [9.17, 15) is 0 Å². The van der Waals surface area contributed by atoms with Gasteiger partial charge in [-0.3, -0.25) is 10.9 Å². The second kappa shape index (κ2) is 6.85. The Morgan fingerprint density at radius 3 is 2.80 bits per heavy atom. The number of nitrogens with zero attached hydrogens (tertiary/aromatic N) is 1. The van der Waals surface area contributed by atoms with E-state index in [1.165, 1.54) is 25.0 Å². The highest BCUT2D eigenvalue weighted by Crippen LogP contribution is 2.25. The highest BCUT2D eigenvalue weighted by molar-refractivity contribution is 5.07. The molecule has 88 valence electrons. The van der Waals surface area contributed by atoms with E-state index in [0.717, 1.165) is 19.6 Å². The van der Waals surface area contributed by atoms with Gasteiger partial charge in [-0.05, 0) is 33.1 Å². The van der Waals surface area contributed by atoms with E-state index in [1.807, 2.05) is 0 Å². The predicted octanol–water partition coefficient (Wildman–Crippen LogP) is 1.88. The fraction of sp³-hybridized carbons (Fsp3) is 0.833. The van der Waals surface area contributed by atoms with Crippen molar-refractivity contribution in [1.82, 2.24) is 15.8 Å². The lowest BCUT2D eigenvalue weighted by atomic mass is 10.2. The van der Waals surface area contributed by atoms with Crippen molar-refractivity contribution >= 4 is 0 Å². The van der Waals surface area contributed by atoms with Crippen molar-refractivity contribution in [3.63, 3.8) is 0 Å². The van der Waals surface area contributed by atoms with Gasteiger partial charge >= 0.3 is 0 Å². The average Bonchev–Trinajstić information content (AvgIpc) is 2.60. The molecule has 0 radical (unpaired) electrons. The summed E-state index contributed by atoms with van der Waals surface area (Å²) in [5, 5.41) is 0. The smallest absolute Gasteiger partial charge is 0.0317 e. The molecule has 0 amide bonds. The van der Waals surface area contributed by atoms with Crippen molar-refractivity contribution < 1.29 is 0 Å². The van der Waals surface area contributed by atoms with Crippen LogP contribution < -0.4 is 10.9 Å². The van der Waals surface area contributed by atoms with E-state index >= 15 is 0 Å². The van der Waals surface area contributed by atoms with Crippen LogP contribution in [0.1, 0.15) is 40.0 Å². The summed E-state index contributed by atoms with van der Waals surface area (Å²) in [5.74, 6) is 0. The van der Waals surface area contributed by atoms with Crippen LogP contribution in [0.2, 0.25) is 0 Å². The Labute approximate surface area is 93.9 Å². The van der Waals surface area contributed by atoms with Crippen molar-refractivity contribution in [3.05, 3.63) is 11.8 Å². The second-order valence-corrected chi connectivity index (χ2v) is 4.21. The lowest BCUT2D eigenvalue weighted by Gasteiger charge is -2.25. The fourth-order valence-electron chi connectivity index (χ4n) is 2.09. The van der Waals surface area contributed by atoms with Crippen LogP contribution in [0.15, 0.2) is 11.8 Å². The molecule has 1 fully saturated rings. The molecular formula is C12H25N3. The van der Waals surface area contributed by atoms with Crippen LogP contribution in [-0.2, 0) is 0 Å². The molecule has 0 bridgehead atoms. The Kier molecular flexibility index (Phi) is 5.73. The highest BCUT2D eigenvalue weighted by Gasteiger charge is 2.22. The normalized spacial score (nSPS) is 24.1. The minimum Gasteiger partial charge on any atom is -0.371 e. The molecule has 1 heterocycles. The second-order valence-electron chi connectivity index (χ2n) is 4.21. The number of hydrazine groups is 1. The predicted molar refractivity (Wildman–Crippen MR) is 65.5 cm³/mol. The first-order valence-corrected chi connectivity index (χ1v) is 6.17. The number of hydrogen-bond acceptors (Lipinski definition) is 3. The molecule has 2 N–H and O–H groups in total. The third kappa shape index (κ3) is 3.84. The van der Waals surface area contributed by atoms with E-state index < -0.39 is 0 Å². The molecule has 15 heavy (non-hydrogen) atoms. The summed E-state index contributed by atoms with van der Waals surface area (Å²) in [5.41, 5.74) is 7.98. The summed E-state index contributed by atoms with van der Waals surface area (Å²) in [7, 11) is 0. The van der Waals surface area contributed by atoms with Crippen LogP contribution in [0.3, 0.4) is 0 Å². The van der Waals surface area contributed by atoms with Crippen LogP contribution in [0.5, 0.6) is 0 Å². The number of hydrogen-bond donors (Lipinski definition) is 2. The van der Waals surface area contributed by atoms with Crippen LogP contribution >= 0.6 is 0 Å². The quantitative estimate of drug-likeness (QED) is 0.519. The largest absolute Gasteiger partial charge is 0.371 e. The monoisotopic (exact) mass is 211 g/mol. The molecule has 3 heteroatoms. The van der Waals surface area contributed by atoms with E-state index in [4.69, 9.17) is 0 Å². The zero-order valence-corrected chi connectivity index (χ0v) is 10.3. The van der Waals surface area contributed by atoms with Crippen molar-refractivity contribution in [2.75, 3.05) is 19.6 Å². The molecule has 1 saturated heterocycles. The van der Waals surface area contributed by atoms with Gasteiger partial charge in [0.25, 0.3) is 0 Å². The number of allylic oxidation sites excluding steroid dienone is 2. The zero-order valence-electron chi connectivity index (χ0n) is 10.3. The first-order chi connectivity index (χ1) is 7.29. The van der Waals surface area contributed by atoms with Gasteiger partial charge in [-0.25, -0.2) is 0 Å². The first kappa shape index (κ1) is 12.5. The zero-order chi connectivity index (χ0) is 11.1. The van der Waals surface area contributed by atoms with Crippen molar-refractivity contribution in [3.8, 4) is 0 Å². The Morgan fingerprint density at radius 1 is 1.40 bits per heavy atom. The van der Waals surface area contributed by atoms with Gasteiger partial charge in [0, 0.05) is 31.4 Å². The molecule has 0 saturated carbocycles. The van der Waals surface area contributed by atoms with Gasteiger partial charge in [-0.1, -0.05) is 13.0 Å². The molecule has 1 unspecified atom stereocenters. The van der Waals surface area contributed by atoms with Crippen LogP contribution in [0.4, 0.5) is 0 Å². The maximum absolute atomic E-state index is 3.26. The van der Waals surface area contributed by atoms with E-state index in [1.54, 1.807) is 0 Å². The molecular weight excluding hydrogens is 186 g/mol. The number of nitrogens with one attached hydrogen (secondary N) is 2. The van der Waals surface area contributed by atoms with Crippen LogP contribution in [-0.4, -0.2) is 30.6 Å². The third-order valence-electron chi connectivity index (χ3n) is 3.03. The number of likely N-dealkylation sites (tertiary alicyclic amines) is 1. The minimum absolute atomic E-state index is 0.712. The van der Waals surface area contributed by atoms with E-state index in [-0.39, 0.29) is 0 Å². The molecule has 1 aliphatic heterocycles. The summed E-state index contributed by atoms with van der Waals surface area (Å²) in [4.78, 5) is 2.51. The van der Waals surface area contributed by atoms with Gasteiger partial charge in [0.05, 0.1) is 0 Å². The van der Waals surface area contributed by atoms with Crippen LogP contribution in [0, 0.1) is 0 Å². The van der Waals surface area contributed by atoms with Crippen molar-refractivity contribution in [1.29, 1.82) is 0 Å². The Bertz CT molecular complexity index is 201. The van der Waals surface area contributed by atoms with Gasteiger partial charge in [-0.15, -0.1) is 0 Å². The lowest BCUT2D eigenvalue weighted by Crippen LogP contribution is -2.39. The molecule has 1 rings (SSSR count). The first-order valence-electron chi connectivity index (χ1n) is 6.17. The van der Waals surface area contributed by atoms with Gasteiger partial charge in [0.1, 0.15) is 0 Å². The standard InChI is InChI=1S/C12H25N3/c1-4-8-13-14-9-10-15-11(3)6-7-12(15)5-2/h5,11,13-14H,4,6-10H2,1-3H3/b12-5-. The maximum atomic E-state index is 3.26. The summed E-state index contributed by atoms with van der Waals surface area (Å²) in [6.45, 7) is 9.81. The minimum atomic E-state index is 0.712. The fourth-order valence-corrected chi connectivity index (χ4v) is 2.09. The lowest BCUT2D eigenvalue weighted by molar-refractivity contribution is 0.301. The number of rotatable bonds is 6. The summed E-state index contributed by atoms with van der Waals surface area (Å²) in [6.07, 6.45) is 5.98. The molecule has 0 aromatic carbocycles. The Morgan fingerprint density at radius 2 is 2.13 bits per heavy atom. The highest BCUT2D eigenvalue weighted by atomic mass is 15.4. The van der Waals surface area contributed by atoms with Crippen LogP contribution in [0.25, 0.3) is 0 Å². The van der Waals surface area contributed by atoms with Gasteiger partial charge in [-0.2, -0.15) is 0 Å². The Balaban J connectivity index is 2.19. The van der Waals surface area contributed by atoms with Crippen molar-refractivity contribution in [2.24, 2.45) is 0 Å². The average molecular weight is 211 g/mol. The van der Waals surface area contributed by atoms with Gasteiger partial charge in [0.2, 0.25) is 0 Å². The molecule has 1 atom stereocenters.